The van der Waals surface area contributed by atoms with Gasteiger partial charge in [-0.1, -0.05) is 37.1 Å². The van der Waals surface area contributed by atoms with Gasteiger partial charge in [0.1, 0.15) is 0 Å². The summed E-state index contributed by atoms with van der Waals surface area (Å²) in [6.07, 6.45) is 4.03. The van der Waals surface area contributed by atoms with E-state index in [4.69, 9.17) is 10.5 Å². The van der Waals surface area contributed by atoms with E-state index in [1.807, 2.05) is 25.1 Å². The van der Waals surface area contributed by atoms with Crippen molar-refractivity contribution >= 4 is 18.3 Å². The first-order chi connectivity index (χ1) is 10.0. The van der Waals surface area contributed by atoms with E-state index in [-0.39, 0.29) is 29.8 Å². The molecule has 1 aliphatic rings. The van der Waals surface area contributed by atoms with Crippen LogP contribution in [-0.4, -0.2) is 18.6 Å². The highest BCUT2D eigenvalue weighted by Gasteiger charge is 2.37. The van der Waals surface area contributed by atoms with Crippen molar-refractivity contribution in [3.63, 3.8) is 0 Å². The van der Waals surface area contributed by atoms with Gasteiger partial charge in [0.25, 0.3) is 0 Å². The Bertz CT molecular complexity index is 491. The molecule has 4 nitrogen and oxygen atoms in total. The van der Waals surface area contributed by atoms with Gasteiger partial charge in [0, 0.05) is 19.2 Å². The van der Waals surface area contributed by atoms with Gasteiger partial charge in [-0.2, -0.15) is 0 Å². The smallest absolute Gasteiger partial charge is 0.225 e. The molecular weight excluding hydrogens is 300 g/mol. The second-order valence-corrected chi connectivity index (χ2v) is 6.27. The second kappa shape index (κ2) is 8.51. The lowest BCUT2D eigenvalue weighted by molar-refractivity contribution is -0.128. The number of carbonyl (C=O) groups excluding carboxylic acids is 1. The lowest BCUT2D eigenvalue weighted by atomic mass is 9.74. The van der Waals surface area contributed by atoms with Crippen LogP contribution in [0.2, 0.25) is 0 Å². The fourth-order valence-electron chi connectivity index (χ4n) is 3.10. The highest BCUT2D eigenvalue weighted by molar-refractivity contribution is 5.85. The Hall–Kier alpha value is -1.10. The maximum atomic E-state index is 12.4. The summed E-state index contributed by atoms with van der Waals surface area (Å²) in [5.41, 5.74) is 8.11. The summed E-state index contributed by atoms with van der Waals surface area (Å²) in [6.45, 7) is 3.13. The van der Waals surface area contributed by atoms with E-state index in [2.05, 4.69) is 11.4 Å². The predicted molar refractivity (Wildman–Crippen MR) is 90.8 cm³/mol. The zero-order valence-electron chi connectivity index (χ0n) is 13.4. The van der Waals surface area contributed by atoms with Crippen molar-refractivity contribution in [2.75, 3.05) is 7.11 Å². The van der Waals surface area contributed by atoms with E-state index < -0.39 is 0 Å². The standard InChI is InChI=1S/C17H26N2O2.ClH/c1-17(18)9-4-3-8-15(17)16(20)19-11-13-6-5-7-14(10-13)12-21-2;/h5-7,10,15H,3-4,8-9,11-12,18H2,1-2H3,(H,19,20);1H. The summed E-state index contributed by atoms with van der Waals surface area (Å²) < 4.78 is 5.13. The van der Waals surface area contributed by atoms with Gasteiger partial charge in [-0.15, -0.1) is 12.4 Å². The molecule has 1 aliphatic carbocycles. The van der Waals surface area contributed by atoms with Gasteiger partial charge in [0.15, 0.2) is 0 Å². The summed E-state index contributed by atoms with van der Waals surface area (Å²) in [6, 6.07) is 8.09. The minimum Gasteiger partial charge on any atom is -0.380 e. The molecule has 124 valence electrons. The van der Waals surface area contributed by atoms with Crippen LogP contribution in [0.25, 0.3) is 0 Å². The molecule has 0 spiro atoms. The molecule has 2 atom stereocenters. The van der Waals surface area contributed by atoms with Gasteiger partial charge >= 0.3 is 0 Å². The van der Waals surface area contributed by atoms with Crippen LogP contribution in [0.15, 0.2) is 24.3 Å². The molecule has 1 saturated carbocycles. The molecule has 5 heteroatoms. The zero-order valence-corrected chi connectivity index (χ0v) is 14.2. The topological polar surface area (TPSA) is 64.3 Å². The number of hydrogen-bond donors (Lipinski definition) is 2. The number of methoxy groups -OCH3 is 1. The number of nitrogens with two attached hydrogens (primary N) is 1. The molecule has 0 bridgehead atoms. The largest absolute Gasteiger partial charge is 0.380 e. The summed E-state index contributed by atoms with van der Waals surface area (Å²) in [5, 5.41) is 3.03. The van der Waals surface area contributed by atoms with Crippen LogP contribution in [0.4, 0.5) is 0 Å². The molecule has 1 aromatic rings. The molecule has 3 N–H and O–H groups in total. The monoisotopic (exact) mass is 326 g/mol. The van der Waals surface area contributed by atoms with Crippen LogP contribution in [-0.2, 0) is 22.7 Å². The van der Waals surface area contributed by atoms with Crippen LogP contribution < -0.4 is 11.1 Å². The molecule has 22 heavy (non-hydrogen) atoms. The fraction of sp³-hybridized carbons (Fsp3) is 0.588. The Morgan fingerprint density at radius 3 is 2.82 bits per heavy atom. The predicted octanol–water partition coefficient (Wildman–Crippen LogP) is 2.78. The minimum absolute atomic E-state index is 0. The van der Waals surface area contributed by atoms with Crippen molar-refractivity contribution in [1.82, 2.24) is 5.32 Å². The number of hydrogen-bond acceptors (Lipinski definition) is 3. The number of amides is 1. The SMILES string of the molecule is COCc1cccc(CNC(=O)C2CCCCC2(C)N)c1.Cl. The van der Waals surface area contributed by atoms with Crippen molar-refractivity contribution in [1.29, 1.82) is 0 Å². The number of nitrogens with one attached hydrogen (secondary N) is 1. The molecule has 1 amide bonds. The van der Waals surface area contributed by atoms with Crippen molar-refractivity contribution in [3.05, 3.63) is 35.4 Å². The summed E-state index contributed by atoms with van der Waals surface area (Å²) in [7, 11) is 1.68. The van der Waals surface area contributed by atoms with E-state index in [0.29, 0.717) is 13.2 Å². The maximum Gasteiger partial charge on any atom is 0.225 e. The van der Waals surface area contributed by atoms with Gasteiger partial charge in [-0.3, -0.25) is 4.79 Å². The van der Waals surface area contributed by atoms with Gasteiger partial charge in [0.05, 0.1) is 12.5 Å². The highest BCUT2D eigenvalue weighted by Crippen LogP contribution is 2.31. The molecule has 0 radical (unpaired) electrons. The van der Waals surface area contributed by atoms with E-state index in [0.717, 1.165) is 36.8 Å². The van der Waals surface area contributed by atoms with Crippen molar-refractivity contribution < 1.29 is 9.53 Å². The van der Waals surface area contributed by atoms with Crippen LogP contribution in [0.5, 0.6) is 0 Å². The molecule has 1 aromatic carbocycles. The number of ether oxygens (including phenoxy) is 1. The third-order valence-corrected chi connectivity index (χ3v) is 4.34. The number of halogens is 1. The van der Waals surface area contributed by atoms with Gasteiger partial charge in [-0.25, -0.2) is 0 Å². The third kappa shape index (κ3) is 4.97. The fourth-order valence-corrected chi connectivity index (χ4v) is 3.10. The zero-order chi connectivity index (χ0) is 15.3. The first kappa shape index (κ1) is 18.9. The Balaban J connectivity index is 0.00000242. The van der Waals surface area contributed by atoms with Crippen molar-refractivity contribution in [2.45, 2.75) is 51.3 Å². The van der Waals surface area contributed by atoms with E-state index in [1.165, 1.54) is 0 Å². The number of carbonyl (C=O) groups is 1. The van der Waals surface area contributed by atoms with Crippen LogP contribution >= 0.6 is 12.4 Å². The van der Waals surface area contributed by atoms with Crippen molar-refractivity contribution in [2.24, 2.45) is 11.7 Å². The van der Waals surface area contributed by atoms with E-state index in [9.17, 15) is 4.79 Å². The molecule has 1 fully saturated rings. The number of benzene rings is 1. The Labute approximate surface area is 139 Å². The molecule has 0 aromatic heterocycles. The van der Waals surface area contributed by atoms with Crippen LogP contribution in [0, 0.1) is 5.92 Å². The minimum atomic E-state index is -0.375. The van der Waals surface area contributed by atoms with Crippen LogP contribution in [0.1, 0.15) is 43.7 Å². The normalized spacial score (nSPS) is 24.4. The highest BCUT2D eigenvalue weighted by atomic mass is 35.5. The second-order valence-electron chi connectivity index (χ2n) is 6.27. The Morgan fingerprint density at radius 2 is 2.14 bits per heavy atom. The first-order valence-corrected chi connectivity index (χ1v) is 7.66. The molecule has 0 heterocycles. The first-order valence-electron chi connectivity index (χ1n) is 7.66. The lowest BCUT2D eigenvalue weighted by Gasteiger charge is -2.37. The number of rotatable bonds is 5. The van der Waals surface area contributed by atoms with Crippen LogP contribution in [0.3, 0.4) is 0 Å². The Kier molecular flexibility index (Phi) is 7.33. The van der Waals surface area contributed by atoms with Gasteiger partial charge in [0.2, 0.25) is 5.91 Å². The Morgan fingerprint density at radius 1 is 1.41 bits per heavy atom. The average Bonchev–Trinajstić information content (AvgIpc) is 2.45. The summed E-state index contributed by atoms with van der Waals surface area (Å²) >= 11 is 0. The maximum absolute atomic E-state index is 12.4. The quantitative estimate of drug-likeness (QED) is 0.874. The molecule has 2 rings (SSSR count). The van der Waals surface area contributed by atoms with Crippen molar-refractivity contribution in [3.8, 4) is 0 Å². The van der Waals surface area contributed by atoms with E-state index >= 15 is 0 Å². The average molecular weight is 327 g/mol. The van der Waals surface area contributed by atoms with E-state index in [1.54, 1.807) is 7.11 Å². The summed E-state index contributed by atoms with van der Waals surface area (Å²) in [4.78, 5) is 12.4. The lowest BCUT2D eigenvalue weighted by Crippen LogP contribution is -2.52. The molecule has 0 saturated heterocycles. The molecule has 2 unspecified atom stereocenters. The molecule has 0 aliphatic heterocycles. The molecular formula is C17H27ClN2O2. The van der Waals surface area contributed by atoms with Gasteiger partial charge < -0.3 is 15.8 Å². The third-order valence-electron chi connectivity index (χ3n) is 4.34. The summed E-state index contributed by atoms with van der Waals surface area (Å²) in [5.74, 6) is 0.00486. The van der Waals surface area contributed by atoms with Gasteiger partial charge in [-0.05, 0) is 30.9 Å².